The molecular weight excluding hydrogens is 489 g/mol. The molecule has 0 radical (unpaired) electrons. The predicted octanol–water partition coefficient (Wildman–Crippen LogP) is 6.72. The van der Waals surface area contributed by atoms with Crippen LogP contribution < -0.4 is 10.6 Å². The monoisotopic (exact) mass is 510 g/mol. The van der Waals surface area contributed by atoms with Crippen molar-refractivity contribution in [1.29, 1.82) is 0 Å². The first-order valence-corrected chi connectivity index (χ1v) is 11.8. The van der Waals surface area contributed by atoms with Crippen LogP contribution in [0.25, 0.3) is 0 Å². The Bertz CT molecular complexity index is 1340. The summed E-state index contributed by atoms with van der Waals surface area (Å²) < 4.78 is 42.9. The number of amides is 1. The fraction of sp³-hybridized carbons (Fsp3) is 0.185. The summed E-state index contributed by atoms with van der Waals surface area (Å²) in [6, 6.07) is 22.2. The lowest BCUT2D eigenvalue weighted by molar-refractivity contribution is -0.173. The first-order chi connectivity index (χ1) is 17.3. The van der Waals surface area contributed by atoms with Crippen molar-refractivity contribution in [1.82, 2.24) is 15.1 Å². The van der Waals surface area contributed by atoms with Gasteiger partial charge in [-0.25, -0.2) is 4.68 Å². The number of rotatable bonds is 5. The number of aromatic nitrogens is 2. The molecule has 184 valence electrons. The van der Waals surface area contributed by atoms with Crippen molar-refractivity contribution in [3.05, 3.63) is 118 Å². The summed E-state index contributed by atoms with van der Waals surface area (Å²) in [4.78, 5) is 13.5. The van der Waals surface area contributed by atoms with Gasteiger partial charge in [0.2, 0.25) is 0 Å². The van der Waals surface area contributed by atoms with E-state index in [0.717, 1.165) is 15.8 Å². The summed E-state index contributed by atoms with van der Waals surface area (Å²) in [6.07, 6.45) is -3.58. The van der Waals surface area contributed by atoms with Crippen LogP contribution in [-0.4, -0.2) is 21.9 Å². The van der Waals surface area contributed by atoms with Crippen LogP contribution in [0.2, 0.25) is 5.02 Å². The number of anilines is 1. The highest BCUT2D eigenvalue weighted by molar-refractivity contribution is 6.30. The van der Waals surface area contributed by atoms with Gasteiger partial charge >= 0.3 is 6.18 Å². The van der Waals surface area contributed by atoms with E-state index < -0.39 is 30.2 Å². The number of fused-ring (bicyclic) bond motifs is 1. The van der Waals surface area contributed by atoms with Gasteiger partial charge in [0.05, 0.1) is 18.3 Å². The zero-order chi connectivity index (χ0) is 25.3. The van der Waals surface area contributed by atoms with Crippen molar-refractivity contribution in [2.24, 2.45) is 0 Å². The number of nitrogens with one attached hydrogen (secondary N) is 2. The van der Waals surface area contributed by atoms with E-state index in [4.69, 9.17) is 11.6 Å². The maximum Gasteiger partial charge on any atom is 0.410 e. The molecule has 1 amide bonds. The molecule has 0 aliphatic carbocycles. The zero-order valence-electron chi connectivity index (χ0n) is 18.9. The van der Waals surface area contributed by atoms with Gasteiger partial charge in [0.15, 0.2) is 6.04 Å². The number of benzene rings is 3. The third-order valence-corrected chi connectivity index (χ3v) is 6.55. The van der Waals surface area contributed by atoms with E-state index in [1.165, 1.54) is 6.20 Å². The Morgan fingerprint density at radius 2 is 1.58 bits per heavy atom. The van der Waals surface area contributed by atoms with Crippen molar-refractivity contribution in [2.75, 3.05) is 5.32 Å². The Labute approximate surface area is 210 Å². The van der Waals surface area contributed by atoms with E-state index in [-0.39, 0.29) is 17.8 Å². The predicted molar refractivity (Wildman–Crippen MR) is 132 cm³/mol. The first kappa shape index (κ1) is 23.9. The Morgan fingerprint density at radius 3 is 2.22 bits per heavy atom. The molecule has 3 aromatic carbocycles. The quantitative estimate of drug-likeness (QED) is 0.313. The molecule has 3 atom stereocenters. The molecule has 0 saturated carbocycles. The van der Waals surface area contributed by atoms with E-state index in [0.29, 0.717) is 10.6 Å². The average molecular weight is 511 g/mol. The van der Waals surface area contributed by atoms with Gasteiger partial charge in [0.1, 0.15) is 11.4 Å². The smallest absolute Gasteiger partial charge is 0.363 e. The summed E-state index contributed by atoms with van der Waals surface area (Å²) in [5.41, 5.74) is 2.34. The fourth-order valence-electron chi connectivity index (χ4n) is 4.50. The SMILES string of the molecule is O=C(NC(c1ccccc1)c1ccc(Cl)cc1)c1cnn2c1NC(c1ccccc1)CC2C(F)(F)F. The fourth-order valence-corrected chi connectivity index (χ4v) is 4.63. The highest BCUT2D eigenvalue weighted by Gasteiger charge is 2.47. The van der Waals surface area contributed by atoms with E-state index in [1.54, 1.807) is 54.6 Å². The number of hydrogen-bond acceptors (Lipinski definition) is 3. The molecule has 1 aromatic heterocycles. The molecule has 1 aliphatic heterocycles. The zero-order valence-corrected chi connectivity index (χ0v) is 19.7. The number of hydrogen-bond donors (Lipinski definition) is 2. The summed E-state index contributed by atoms with van der Waals surface area (Å²) in [6.45, 7) is 0. The van der Waals surface area contributed by atoms with Crippen LogP contribution >= 0.6 is 11.6 Å². The van der Waals surface area contributed by atoms with Crippen LogP contribution in [0.4, 0.5) is 19.0 Å². The highest BCUT2D eigenvalue weighted by atomic mass is 35.5. The number of carbonyl (C=O) groups excluding carboxylic acids is 1. The molecule has 36 heavy (non-hydrogen) atoms. The Hall–Kier alpha value is -3.78. The van der Waals surface area contributed by atoms with Crippen LogP contribution in [0.15, 0.2) is 91.1 Å². The third-order valence-electron chi connectivity index (χ3n) is 6.30. The van der Waals surface area contributed by atoms with Gasteiger partial charge in [-0.3, -0.25) is 4.79 Å². The molecule has 4 aromatic rings. The Kier molecular flexibility index (Phi) is 6.45. The average Bonchev–Trinajstić information content (AvgIpc) is 3.32. The minimum Gasteiger partial charge on any atom is -0.363 e. The molecule has 5 rings (SSSR count). The van der Waals surface area contributed by atoms with Crippen LogP contribution in [0.5, 0.6) is 0 Å². The molecule has 0 spiro atoms. The summed E-state index contributed by atoms with van der Waals surface area (Å²) in [5, 5.41) is 10.6. The number of carbonyl (C=O) groups is 1. The summed E-state index contributed by atoms with van der Waals surface area (Å²) in [7, 11) is 0. The largest absolute Gasteiger partial charge is 0.410 e. The molecule has 9 heteroatoms. The standard InChI is InChI=1S/C27H22ClF3N4O/c28-20-13-11-19(12-14-20)24(18-9-5-2-6-10-18)34-26(36)21-16-32-35-23(27(29,30)31)15-22(33-25(21)35)17-7-3-1-4-8-17/h1-14,16,22-24,33H,15H2,(H,34,36). The van der Waals surface area contributed by atoms with Gasteiger partial charge in [-0.2, -0.15) is 18.3 Å². The maximum absolute atomic E-state index is 14.0. The van der Waals surface area contributed by atoms with Gasteiger partial charge in [0, 0.05) is 11.4 Å². The molecule has 2 N–H and O–H groups in total. The van der Waals surface area contributed by atoms with Gasteiger partial charge in [-0.1, -0.05) is 84.4 Å². The number of nitrogens with zero attached hydrogens (tertiary/aromatic N) is 2. The lowest BCUT2D eigenvalue weighted by atomic mass is 9.96. The number of halogens is 4. The molecule has 5 nitrogen and oxygen atoms in total. The second-order valence-corrected chi connectivity index (χ2v) is 9.06. The minimum absolute atomic E-state index is 0.0397. The van der Waals surface area contributed by atoms with E-state index in [1.807, 2.05) is 30.3 Å². The molecule has 1 aliphatic rings. The van der Waals surface area contributed by atoms with Gasteiger partial charge in [-0.05, 0) is 28.8 Å². The summed E-state index contributed by atoms with van der Waals surface area (Å²) in [5.74, 6) is -0.500. The molecule has 0 bridgehead atoms. The lowest BCUT2D eigenvalue weighted by Crippen LogP contribution is -2.37. The Balaban J connectivity index is 1.50. The molecule has 0 saturated heterocycles. The topological polar surface area (TPSA) is 59.0 Å². The third kappa shape index (κ3) is 4.81. The second kappa shape index (κ2) is 9.70. The number of alkyl halides is 3. The van der Waals surface area contributed by atoms with Crippen molar-refractivity contribution < 1.29 is 18.0 Å². The van der Waals surface area contributed by atoms with E-state index in [9.17, 15) is 18.0 Å². The van der Waals surface area contributed by atoms with Crippen LogP contribution in [0.3, 0.4) is 0 Å². The van der Waals surface area contributed by atoms with Crippen LogP contribution in [-0.2, 0) is 0 Å². The van der Waals surface area contributed by atoms with Crippen LogP contribution in [0, 0.1) is 0 Å². The molecule has 2 heterocycles. The normalized spacial score (nSPS) is 18.1. The first-order valence-electron chi connectivity index (χ1n) is 11.4. The molecule has 0 fully saturated rings. The van der Waals surface area contributed by atoms with Crippen molar-refractivity contribution in [3.63, 3.8) is 0 Å². The maximum atomic E-state index is 14.0. The molecule has 3 unspecified atom stereocenters. The highest BCUT2D eigenvalue weighted by Crippen LogP contribution is 2.44. The van der Waals surface area contributed by atoms with Crippen molar-refractivity contribution >= 4 is 23.3 Å². The molecular formula is C27H22ClF3N4O. The van der Waals surface area contributed by atoms with Crippen molar-refractivity contribution in [2.45, 2.75) is 30.7 Å². The van der Waals surface area contributed by atoms with Gasteiger partial charge in [-0.15, -0.1) is 0 Å². The van der Waals surface area contributed by atoms with Gasteiger partial charge in [0.25, 0.3) is 5.91 Å². The van der Waals surface area contributed by atoms with E-state index >= 15 is 0 Å². The van der Waals surface area contributed by atoms with Crippen molar-refractivity contribution in [3.8, 4) is 0 Å². The van der Waals surface area contributed by atoms with Gasteiger partial charge < -0.3 is 10.6 Å². The second-order valence-electron chi connectivity index (χ2n) is 8.62. The summed E-state index contributed by atoms with van der Waals surface area (Å²) >= 11 is 6.04. The van der Waals surface area contributed by atoms with E-state index in [2.05, 4.69) is 15.7 Å². The minimum atomic E-state index is -4.53. The van der Waals surface area contributed by atoms with Crippen LogP contribution in [0.1, 0.15) is 51.6 Å². The lowest BCUT2D eigenvalue weighted by Gasteiger charge is -2.34. The Morgan fingerprint density at radius 1 is 0.972 bits per heavy atom.